The van der Waals surface area contributed by atoms with Crippen LogP contribution >= 0.6 is 0 Å². The number of nitrogens with two attached hydrogens (primary N) is 1. The van der Waals surface area contributed by atoms with E-state index >= 15 is 0 Å². The highest BCUT2D eigenvalue weighted by atomic mass is 16.2. The standard InChI is InChI=1S/C17H17N3O/c1-11-8-12(2)15(19)9-14(11)17(21)20(3)16-7-5-4-6-13(16)10-18/h4-9H,19H2,1-3H3. The van der Waals surface area contributed by atoms with Crippen LogP contribution < -0.4 is 10.6 Å². The van der Waals surface area contributed by atoms with Gasteiger partial charge in [-0.05, 0) is 43.2 Å². The molecule has 2 aromatic rings. The first kappa shape index (κ1) is 14.6. The Kier molecular flexibility index (Phi) is 3.95. The molecule has 0 bridgehead atoms. The van der Waals surface area contributed by atoms with Gasteiger partial charge in [0.15, 0.2) is 0 Å². The van der Waals surface area contributed by atoms with Crippen LogP contribution in [0.1, 0.15) is 27.0 Å². The Labute approximate surface area is 124 Å². The number of benzene rings is 2. The number of hydrogen-bond donors (Lipinski definition) is 1. The molecule has 0 radical (unpaired) electrons. The van der Waals surface area contributed by atoms with Crippen molar-refractivity contribution in [1.29, 1.82) is 5.26 Å². The smallest absolute Gasteiger partial charge is 0.258 e. The van der Waals surface area contributed by atoms with Gasteiger partial charge in [0.2, 0.25) is 0 Å². The normalized spacial score (nSPS) is 10.0. The van der Waals surface area contributed by atoms with Crippen molar-refractivity contribution in [2.45, 2.75) is 13.8 Å². The fraction of sp³-hybridized carbons (Fsp3) is 0.176. The van der Waals surface area contributed by atoms with Crippen molar-refractivity contribution in [2.75, 3.05) is 17.7 Å². The maximum absolute atomic E-state index is 12.7. The lowest BCUT2D eigenvalue weighted by atomic mass is 10.0. The van der Waals surface area contributed by atoms with Crippen LogP contribution in [-0.4, -0.2) is 13.0 Å². The predicted molar refractivity (Wildman–Crippen MR) is 84.2 cm³/mol. The Hall–Kier alpha value is -2.80. The minimum absolute atomic E-state index is 0.179. The number of nitrogens with zero attached hydrogens (tertiary/aromatic N) is 2. The minimum atomic E-state index is -0.179. The third-order valence-electron chi connectivity index (χ3n) is 3.53. The second-order valence-electron chi connectivity index (χ2n) is 5.02. The second-order valence-corrected chi connectivity index (χ2v) is 5.02. The Morgan fingerprint density at radius 1 is 1.19 bits per heavy atom. The second kappa shape index (κ2) is 5.68. The average Bonchev–Trinajstić information content (AvgIpc) is 2.49. The van der Waals surface area contributed by atoms with Crippen molar-refractivity contribution in [1.82, 2.24) is 0 Å². The van der Waals surface area contributed by atoms with E-state index in [1.165, 1.54) is 4.90 Å². The Bertz CT molecular complexity index is 744. The summed E-state index contributed by atoms with van der Waals surface area (Å²) in [7, 11) is 1.66. The fourth-order valence-corrected chi connectivity index (χ4v) is 2.25. The third kappa shape index (κ3) is 2.72. The zero-order valence-electron chi connectivity index (χ0n) is 12.3. The van der Waals surface area contributed by atoms with Crippen LogP contribution in [-0.2, 0) is 0 Å². The Morgan fingerprint density at radius 2 is 1.86 bits per heavy atom. The maximum Gasteiger partial charge on any atom is 0.258 e. The number of nitriles is 1. The maximum atomic E-state index is 12.7. The average molecular weight is 279 g/mol. The van der Waals surface area contributed by atoms with Crippen LogP contribution in [0.2, 0.25) is 0 Å². The summed E-state index contributed by atoms with van der Waals surface area (Å²) in [5.74, 6) is -0.179. The molecule has 0 aliphatic carbocycles. The molecule has 4 nitrogen and oxygen atoms in total. The summed E-state index contributed by atoms with van der Waals surface area (Å²) in [6.45, 7) is 3.79. The van der Waals surface area contributed by atoms with Gasteiger partial charge in [0.25, 0.3) is 5.91 Å². The number of amides is 1. The molecule has 21 heavy (non-hydrogen) atoms. The number of hydrogen-bond acceptors (Lipinski definition) is 3. The summed E-state index contributed by atoms with van der Waals surface area (Å²) >= 11 is 0. The first-order valence-corrected chi connectivity index (χ1v) is 6.59. The zero-order valence-corrected chi connectivity index (χ0v) is 12.3. The molecule has 0 atom stereocenters. The molecule has 106 valence electrons. The zero-order chi connectivity index (χ0) is 15.6. The number of anilines is 2. The van der Waals surface area contributed by atoms with E-state index in [0.717, 1.165) is 11.1 Å². The van der Waals surface area contributed by atoms with E-state index < -0.39 is 0 Å². The lowest BCUT2D eigenvalue weighted by Gasteiger charge is -2.20. The van der Waals surface area contributed by atoms with Crippen molar-refractivity contribution in [2.24, 2.45) is 0 Å². The van der Waals surface area contributed by atoms with Gasteiger partial charge in [-0.2, -0.15) is 5.26 Å². The molecule has 0 fully saturated rings. The molecule has 0 aromatic heterocycles. The molecule has 0 saturated heterocycles. The van der Waals surface area contributed by atoms with Crippen LogP contribution in [0.4, 0.5) is 11.4 Å². The number of nitrogen functional groups attached to an aromatic ring is 1. The number of rotatable bonds is 2. The van der Waals surface area contributed by atoms with Gasteiger partial charge in [-0.25, -0.2) is 0 Å². The van der Waals surface area contributed by atoms with Gasteiger partial charge in [-0.15, -0.1) is 0 Å². The van der Waals surface area contributed by atoms with Crippen molar-refractivity contribution in [3.8, 4) is 6.07 Å². The summed E-state index contributed by atoms with van der Waals surface area (Å²) < 4.78 is 0. The van der Waals surface area contributed by atoms with Crippen molar-refractivity contribution < 1.29 is 4.79 Å². The van der Waals surface area contributed by atoms with E-state index in [9.17, 15) is 4.79 Å². The molecule has 0 aliphatic heterocycles. The topological polar surface area (TPSA) is 70.1 Å². The summed E-state index contributed by atoms with van der Waals surface area (Å²) in [5, 5.41) is 9.15. The van der Waals surface area contributed by atoms with Crippen molar-refractivity contribution in [3.63, 3.8) is 0 Å². The summed E-state index contributed by atoms with van der Waals surface area (Å²) in [6.07, 6.45) is 0. The first-order valence-electron chi connectivity index (χ1n) is 6.59. The van der Waals surface area contributed by atoms with E-state index in [0.29, 0.717) is 22.5 Å². The van der Waals surface area contributed by atoms with Crippen LogP contribution in [0, 0.1) is 25.2 Å². The van der Waals surface area contributed by atoms with Crippen LogP contribution in [0.3, 0.4) is 0 Å². The summed E-state index contributed by atoms with van der Waals surface area (Å²) in [5.41, 5.74) is 9.90. The number of carbonyl (C=O) groups excluding carboxylic acids is 1. The molecule has 0 heterocycles. The molecule has 0 spiro atoms. The van der Waals surface area contributed by atoms with Gasteiger partial charge in [0, 0.05) is 18.3 Å². The Morgan fingerprint density at radius 3 is 2.52 bits per heavy atom. The predicted octanol–water partition coefficient (Wildman–Crippen LogP) is 3.03. The lowest BCUT2D eigenvalue weighted by Crippen LogP contribution is -2.27. The molecule has 4 heteroatoms. The molecule has 0 saturated carbocycles. The highest BCUT2D eigenvalue weighted by Gasteiger charge is 2.18. The number of para-hydroxylation sites is 1. The van der Waals surface area contributed by atoms with Gasteiger partial charge in [-0.1, -0.05) is 18.2 Å². The van der Waals surface area contributed by atoms with Crippen LogP contribution in [0.25, 0.3) is 0 Å². The van der Waals surface area contributed by atoms with Gasteiger partial charge < -0.3 is 10.6 Å². The molecule has 0 aliphatic rings. The fourth-order valence-electron chi connectivity index (χ4n) is 2.25. The van der Waals surface area contributed by atoms with Crippen molar-refractivity contribution in [3.05, 3.63) is 58.7 Å². The largest absolute Gasteiger partial charge is 0.398 e. The summed E-state index contributed by atoms with van der Waals surface area (Å²) in [4.78, 5) is 14.1. The van der Waals surface area contributed by atoms with E-state index in [2.05, 4.69) is 6.07 Å². The highest BCUT2D eigenvalue weighted by Crippen LogP contribution is 2.23. The van der Waals surface area contributed by atoms with E-state index in [1.807, 2.05) is 19.9 Å². The first-order chi connectivity index (χ1) is 9.95. The molecule has 1 amide bonds. The third-order valence-corrected chi connectivity index (χ3v) is 3.53. The molecule has 2 N–H and O–H groups in total. The molecular weight excluding hydrogens is 262 g/mol. The molecular formula is C17H17N3O. The number of carbonyl (C=O) groups is 1. The SMILES string of the molecule is Cc1cc(C)c(C(=O)N(C)c2ccccc2C#N)cc1N. The lowest BCUT2D eigenvalue weighted by molar-refractivity contribution is 0.0992. The Balaban J connectivity index is 2.45. The minimum Gasteiger partial charge on any atom is -0.398 e. The van der Waals surface area contributed by atoms with Gasteiger partial charge in [0.05, 0.1) is 11.3 Å². The molecule has 2 aromatic carbocycles. The van der Waals surface area contributed by atoms with Crippen molar-refractivity contribution >= 4 is 17.3 Å². The van der Waals surface area contributed by atoms with E-state index in [1.54, 1.807) is 37.4 Å². The van der Waals surface area contributed by atoms with Gasteiger partial charge in [-0.3, -0.25) is 4.79 Å². The molecule has 2 rings (SSSR count). The highest BCUT2D eigenvalue weighted by molar-refractivity contribution is 6.07. The van der Waals surface area contributed by atoms with Gasteiger partial charge in [0.1, 0.15) is 6.07 Å². The molecule has 0 unspecified atom stereocenters. The summed E-state index contributed by atoms with van der Waals surface area (Å²) in [6, 6.07) is 12.7. The quantitative estimate of drug-likeness (QED) is 0.859. The van der Waals surface area contributed by atoms with Crippen LogP contribution in [0.15, 0.2) is 36.4 Å². The number of aryl methyl sites for hydroxylation is 2. The van der Waals surface area contributed by atoms with E-state index in [-0.39, 0.29) is 5.91 Å². The van der Waals surface area contributed by atoms with Crippen LogP contribution in [0.5, 0.6) is 0 Å². The van der Waals surface area contributed by atoms with E-state index in [4.69, 9.17) is 11.0 Å². The van der Waals surface area contributed by atoms with Gasteiger partial charge >= 0.3 is 0 Å². The monoisotopic (exact) mass is 279 g/mol.